The van der Waals surface area contributed by atoms with Crippen LogP contribution in [-0.4, -0.2) is 36.6 Å². The molecule has 23 heavy (non-hydrogen) atoms. The van der Waals surface area contributed by atoms with Gasteiger partial charge in [0.25, 0.3) is 0 Å². The Morgan fingerprint density at radius 3 is 2.65 bits per heavy atom. The van der Waals surface area contributed by atoms with Crippen molar-refractivity contribution in [1.82, 2.24) is 4.90 Å². The summed E-state index contributed by atoms with van der Waals surface area (Å²) in [7, 11) is 1.53. The molecule has 2 aliphatic rings. The normalized spacial score (nSPS) is 30.4. The number of nitrogens with zero attached hydrogens (tertiary/aromatic N) is 1. The molecule has 2 heterocycles. The van der Waals surface area contributed by atoms with E-state index >= 15 is 0 Å². The van der Waals surface area contributed by atoms with Gasteiger partial charge in [-0.3, -0.25) is 9.69 Å². The van der Waals surface area contributed by atoms with Crippen molar-refractivity contribution in [2.24, 2.45) is 5.92 Å². The van der Waals surface area contributed by atoms with Gasteiger partial charge in [0.2, 0.25) is 0 Å². The third-order valence-corrected chi connectivity index (χ3v) is 5.81. The van der Waals surface area contributed by atoms with Gasteiger partial charge in [-0.05, 0) is 44.7 Å². The highest BCUT2D eigenvalue weighted by Crippen LogP contribution is 2.47. The molecule has 2 fully saturated rings. The summed E-state index contributed by atoms with van der Waals surface area (Å²) in [5.74, 6) is 0.263. The summed E-state index contributed by atoms with van der Waals surface area (Å²) < 4.78 is 5.20. The fraction of sp³-hybridized carbons (Fsp3) is 0.650. The molecule has 4 atom stereocenters. The topological polar surface area (TPSA) is 29.5 Å². The Morgan fingerprint density at radius 2 is 2.00 bits per heavy atom. The van der Waals surface area contributed by atoms with Crippen LogP contribution in [0.5, 0.6) is 0 Å². The van der Waals surface area contributed by atoms with Crippen LogP contribution in [0.1, 0.15) is 56.1 Å². The maximum absolute atomic E-state index is 12.6. The number of hydrogen-bond donors (Lipinski definition) is 0. The fourth-order valence-electron chi connectivity index (χ4n) is 4.62. The van der Waals surface area contributed by atoms with Gasteiger partial charge in [0, 0.05) is 18.0 Å². The molecule has 0 aromatic heterocycles. The zero-order valence-electron chi connectivity index (χ0n) is 14.6. The molecule has 3 nitrogen and oxygen atoms in total. The van der Waals surface area contributed by atoms with Crippen molar-refractivity contribution < 1.29 is 9.53 Å². The van der Waals surface area contributed by atoms with E-state index in [0.29, 0.717) is 18.0 Å². The molecule has 0 aliphatic carbocycles. The van der Waals surface area contributed by atoms with Gasteiger partial charge >= 0.3 is 5.97 Å². The molecule has 2 aliphatic heterocycles. The molecule has 2 saturated heterocycles. The van der Waals surface area contributed by atoms with Crippen LogP contribution in [0.15, 0.2) is 24.3 Å². The predicted octanol–water partition coefficient (Wildman–Crippen LogP) is 3.90. The van der Waals surface area contributed by atoms with Crippen LogP contribution in [0, 0.1) is 12.8 Å². The molecule has 3 heteroatoms. The minimum absolute atomic E-state index is 0.0155. The van der Waals surface area contributed by atoms with Gasteiger partial charge in [-0.2, -0.15) is 0 Å². The molecule has 0 saturated carbocycles. The molecular weight excluding hydrogens is 286 g/mol. The number of ether oxygens (including phenoxy) is 1. The molecule has 0 amide bonds. The number of unbranched alkanes of at least 4 members (excludes halogenated alkanes) is 1. The van der Waals surface area contributed by atoms with Crippen LogP contribution >= 0.6 is 0 Å². The van der Waals surface area contributed by atoms with Gasteiger partial charge in [-0.15, -0.1) is 0 Å². The molecule has 0 spiro atoms. The quantitative estimate of drug-likeness (QED) is 0.772. The van der Waals surface area contributed by atoms with Crippen molar-refractivity contribution in [3.8, 4) is 0 Å². The minimum atomic E-state index is -0.0255. The average Bonchev–Trinajstić information content (AvgIpc) is 2.84. The number of piperidine rings is 1. The van der Waals surface area contributed by atoms with Crippen LogP contribution in [0.3, 0.4) is 0 Å². The lowest BCUT2D eigenvalue weighted by atomic mass is 9.75. The number of benzene rings is 1. The largest absolute Gasteiger partial charge is 0.469 e. The molecular formula is C20H29NO2. The van der Waals surface area contributed by atoms with Crippen molar-refractivity contribution in [3.63, 3.8) is 0 Å². The van der Waals surface area contributed by atoms with Crippen LogP contribution in [0.4, 0.5) is 0 Å². The van der Waals surface area contributed by atoms with Crippen LogP contribution in [0.25, 0.3) is 0 Å². The first-order valence-corrected chi connectivity index (χ1v) is 9.05. The van der Waals surface area contributed by atoms with Crippen molar-refractivity contribution in [3.05, 3.63) is 35.4 Å². The third kappa shape index (κ3) is 3.16. The monoisotopic (exact) mass is 315 g/mol. The zero-order chi connectivity index (χ0) is 16.4. The van der Waals surface area contributed by atoms with E-state index in [2.05, 4.69) is 43.0 Å². The Hall–Kier alpha value is -1.35. The number of hydrogen-bond acceptors (Lipinski definition) is 3. The molecule has 1 aromatic carbocycles. The molecule has 3 rings (SSSR count). The standard InChI is InChI=1S/C20H29NO2/c1-4-5-12-21-16-10-11-18(21)19(20(22)23-3)17(13-16)15-8-6-14(2)7-9-15/h6-9,16-19H,4-5,10-13H2,1-3H3. The summed E-state index contributed by atoms with van der Waals surface area (Å²) in [6, 6.07) is 9.73. The number of fused-ring (bicyclic) bond motifs is 2. The van der Waals surface area contributed by atoms with Crippen molar-refractivity contribution in [2.75, 3.05) is 13.7 Å². The fourth-order valence-corrected chi connectivity index (χ4v) is 4.62. The number of aryl methyl sites for hydroxylation is 1. The molecule has 4 unspecified atom stereocenters. The van der Waals surface area contributed by atoms with Gasteiger partial charge in [0.05, 0.1) is 13.0 Å². The first kappa shape index (κ1) is 16.5. The second-order valence-electron chi connectivity index (χ2n) is 7.19. The van der Waals surface area contributed by atoms with Gasteiger partial charge in [0.15, 0.2) is 0 Å². The van der Waals surface area contributed by atoms with Crippen molar-refractivity contribution in [2.45, 2.75) is 64.0 Å². The number of carbonyl (C=O) groups excluding carboxylic acids is 1. The van der Waals surface area contributed by atoms with E-state index in [1.807, 2.05) is 0 Å². The summed E-state index contributed by atoms with van der Waals surface area (Å²) in [6.45, 7) is 5.47. The van der Waals surface area contributed by atoms with Crippen LogP contribution in [-0.2, 0) is 9.53 Å². The summed E-state index contributed by atoms with van der Waals surface area (Å²) in [5.41, 5.74) is 2.57. The van der Waals surface area contributed by atoms with E-state index in [0.717, 1.165) is 19.4 Å². The lowest BCUT2D eigenvalue weighted by Crippen LogP contribution is -2.51. The van der Waals surface area contributed by atoms with Gasteiger partial charge in [-0.1, -0.05) is 43.2 Å². The van der Waals surface area contributed by atoms with Crippen molar-refractivity contribution in [1.29, 1.82) is 0 Å². The lowest BCUT2D eigenvalue weighted by molar-refractivity contribution is -0.150. The smallest absolute Gasteiger partial charge is 0.310 e. The number of methoxy groups -OCH3 is 1. The highest BCUT2D eigenvalue weighted by Gasteiger charge is 2.50. The van der Waals surface area contributed by atoms with Gasteiger partial charge in [0.1, 0.15) is 0 Å². The van der Waals surface area contributed by atoms with E-state index in [1.165, 1.54) is 37.5 Å². The minimum Gasteiger partial charge on any atom is -0.469 e. The van der Waals surface area contributed by atoms with Crippen LogP contribution < -0.4 is 0 Å². The van der Waals surface area contributed by atoms with E-state index < -0.39 is 0 Å². The Morgan fingerprint density at radius 1 is 1.26 bits per heavy atom. The molecule has 2 bridgehead atoms. The second kappa shape index (κ2) is 7.04. The number of rotatable bonds is 5. The van der Waals surface area contributed by atoms with Gasteiger partial charge in [-0.25, -0.2) is 0 Å². The summed E-state index contributed by atoms with van der Waals surface area (Å²) in [4.78, 5) is 15.2. The molecule has 0 radical (unpaired) electrons. The second-order valence-corrected chi connectivity index (χ2v) is 7.19. The third-order valence-electron chi connectivity index (χ3n) is 5.81. The summed E-state index contributed by atoms with van der Waals surface area (Å²) >= 11 is 0. The first-order chi connectivity index (χ1) is 11.2. The average molecular weight is 315 g/mol. The van der Waals surface area contributed by atoms with E-state index in [1.54, 1.807) is 0 Å². The lowest BCUT2D eigenvalue weighted by Gasteiger charge is -2.43. The van der Waals surface area contributed by atoms with Crippen LogP contribution in [0.2, 0.25) is 0 Å². The van der Waals surface area contributed by atoms with E-state index in [9.17, 15) is 4.79 Å². The molecule has 1 aromatic rings. The summed E-state index contributed by atoms with van der Waals surface area (Å²) in [6.07, 6.45) is 5.88. The molecule has 0 N–H and O–H groups in total. The SMILES string of the molecule is CCCCN1C2CCC1C(C(=O)OC)C(c1ccc(C)cc1)C2. The first-order valence-electron chi connectivity index (χ1n) is 9.05. The van der Waals surface area contributed by atoms with Gasteiger partial charge < -0.3 is 4.74 Å². The zero-order valence-corrected chi connectivity index (χ0v) is 14.6. The Labute approximate surface area is 140 Å². The number of carbonyl (C=O) groups is 1. The Balaban J connectivity index is 1.88. The van der Waals surface area contributed by atoms with E-state index in [-0.39, 0.29) is 11.9 Å². The molecule has 126 valence electrons. The van der Waals surface area contributed by atoms with E-state index in [4.69, 9.17) is 4.74 Å². The highest BCUT2D eigenvalue weighted by atomic mass is 16.5. The maximum atomic E-state index is 12.6. The predicted molar refractivity (Wildman–Crippen MR) is 92.5 cm³/mol. The van der Waals surface area contributed by atoms with Crippen molar-refractivity contribution >= 4 is 5.97 Å². The maximum Gasteiger partial charge on any atom is 0.310 e. The summed E-state index contributed by atoms with van der Waals surface area (Å²) in [5, 5.41) is 0. The highest BCUT2D eigenvalue weighted by molar-refractivity contribution is 5.75. The number of esters is 1. The Bertz CT molecular complexity index is 539. The Kier molecular flexibility index (Phi) is 5.05.